The lowest BCUT2D eigenvalue weighted by Crippen LogP contribution is -2.50. The molecule has 0 spiro atoms. The molecule has 3 fully saturated rings. The summed E-state index contributed by atoms with van der Waals surface area (Å²) in [5, 5.41) is 9.09. The molecule has 0 unspecified atom stereocenters. The summed E-state index contributed by atoms with van der Waals surface area (Å²) in [7, 11) is 5.23. The lowest BCUT2D eigenvalue weighted by Gasteiger charge is -2.41. The number of carbonyl (C=O) groups excluding carboxylic acids is 2. The molecule has 4 heterocycles. The minimum atomic E-state index is -4.66. The van der Waals surface area contributed by atoms with Gasteiger partial charge in [-0.05, 0) is 114 Å². The topological polar surface area (TPSA) is 121 Å². The van der Waals surface area contributed by atoms with E-state index in [0.29, 0.717) is 71.6 Å². The van der Waals surface area contributed by atoms with Crippen LogP contribution < -0.4 is 35.1 Å². The number of nitrogens with zero attached hydrogens (tertiary/aromatic N) is 4. The smallest absolute Gasteiger partial charge is 0.418 e. The number of halogens is 3. The molecule has 0 radical (unpaired) electrons. The van der Waals surface area contributed by atoms with Gasteiger partial charge in [0.1, 0.15) is 11.5 Å². The zero-order valence-corrected chi connectivity index (χ0v) is 32.5. The summed E-state index contributed by atoms with van der Waals surface area (Å²) in [6.45, 7) is 4.81. The van der Waals surface area contributed by atoms with E-state index in [4.69, 9.17) is 14.2 Å². The third-order valence-corrected chi connectivity index (χ3v) is 11.4. The van der Waals surface area contributed by atoms with Crippen LogP contribution in [0, 0.1) is 5.92 Å². The molecular formula is C42H50F3N7O5. The second-order valence-electron chi connectivity index (χ2n) is 15.1. The summed E-state index contributed by atoms with van der Waals surface area (Å²) in [4.78, 5) is 37.2. The summed E-state index contributed by atoms with van der Waals surface area (Å²) in [5.41, 5.74) is 0.189. The molecule has 3 amide bonds. The van der Waals surface area contributed by atoms with Crippen molar-refractivity contribution < 1.29 is 37.0 Å². The van der Waals surface area contributed by atoms with Gasteiger partial charge in [0.25, 0.3) is 0 Å². The molecule has 1 aromatic heterocycles. The van der Waals surface area contributed by atoms with Gasteiger partial charge < -0.3 is 44.9 Å². The van der Waals surface area contributed by atoms with Gasteiger partial charge in [0, 0.05) is 71.9 Å². The van der Waals surface area contributed by atoms with E-state index in [0.717, 1.165) is 45.1 Å². The predicted octanol–water partition coefficient (Wildman–Crippen LogP) is 7.60. The number of rotatable bonds is 10. The van der Waals surface area contributed by atoms with Crippen LogP contribution in [0.2, 0.25) is 0 Å². The number of nitrogens with one attached hydrogen (secondary N) is 3. The Labute approximate surface area is 330 Å². The SMILES string of the molecule is COc1cc2nccc(Oc3cccc(NC(=O)Nc4ccc(N5CCC(NC(=O)C6CCN(C7CCN(C)CC7)CC6)CC5)c(C(F)(F)F)c4)c3)c2cc1OC. The number of aromatic nitrogens is 1. The van der Waals surface area contributed by atoms with E-state index in [1.807, 2.05) is 0 Å². The minimum Gasteiger partial charge on any atom is -0.493 e. The van der Waals surface area contributed by atoms with E-state index in [2.05, 4.69) is 37.8 Å². The average Bonchev–Trinajstić information content (AvgIpc) is 3.21. The summed E-state index contributed by atoms with van der Waals surface area (Å²) in [5.74, 6) is 1.96. The molecule has 3 aliphatic heterocycles. The quantitative estimate of drug-likeness (QED) is 0.149. The molecule has 3 aliphatic rings. The van der Waals surface area contributed by atoms with Gasteiger partial charge in [-0.25, -0.2) is 4.79 Å². The van der Waals surface area contributed by atoms with Crippen LogP contribution in [0.15, 0.2) is 66.9 Å². The molecule has 7 rings (SSSR count). The molecule has 57 heavy (non-hydrogen) atoms. The first-order valence-corrected chi connectivity index (χ1v) is 19.5. The Morgan fingerprint density at radius 1 is 0.772 bits per heavy atom. The van der Waals surface area contributed by atoms with Crippen molar-refractivity contribution in [2.45, 2.75) is 56.8 Å². The third-order valence-electron chi connectivity index (χ3n) is 11.4. The highest BCUT2D eigenvalue weighted by molar-refractivity contribution is 6.00. The monoisotopic (exact) mass is 789 g/mol. The van der Waals surface area contributed by atoms with Gasteiger partial charge in [0.15, 0.2) is 11.5 Å². The number of methoxy groups -OCH3 is 2. The van der Waals surface area contributed by atoms with Crippen LogP contribution in [-0.4, -0.2) is 99.3 Å². The fourth-order valence-electron chi connectivity index (χ4n) is 8.18. The van der Waals surface area contributed by atoms with E-state index >= 15 is 0 Å². The second-order valence-corrected chi connectivity index (χ2v) is 15.1. The fourth-order valence-corrected chi connectivity index (χ4v) is 8.18. The Hall–Kier alpha value is -5.28. The predicted molar refractivity (Wildman–Crippen MR) is 214 cm³/mol. The van der Waals surface area contributed by atoms with E-state index in [1.165, 1.54) is 39.2 Å². The number of urea groups is 1. The molecule has 12 nitrogen and oxygen atoms in total. The highest BCUT2D eigenvalue weighted by atomic mass is 19.4. The Bertz CT molecular complexity index is 2040. The molecule has 304 valence electrons. The number of likely N-dealkylation sites (tertiary alicyclic amines) is 2. The number of amides is 3. The highest BCUT2D eigenvalue weighted by Gasteiger charge is 2.37. The fraction of sp³-hybridized carbons (Fsp3) is 0.452. The second kappa shape index (κ2) is 17.5. The van der Waals surface area contributed by atoms with Gasteiger partial charge in [0.05, 0.1) is 25.3 Å². The largest absolute Gasteiger partial charge is 0.493 e. The van der Waals surface area contributed by atoms with Crippen molar-refractivity contribution >= 4 is 39.9 Å². The van der Waals surface area contributed by atoms with Crippen molar-refractivity contribution in [1.29, 1.82) is 0 Å². The number of carbonyl (C=O) groups is 2. The summed E-state index contributed by atoms with van der Waals surface area (Å²) < 4.78 is 60.3. The van der Waals surface area contributed by atoms with Crippen molar-refractivity contribution in [3.8, 4) is 23.0 Å². The number of pyridine rings is 1. The molecule has 15 heteroatoms. The average molecular weight is 790 g/mol. The maximum Gasteiger partial charge on any atom is 0.418 e. The van der Waals surface area contributed by atoms with Gasteiger partial charge in [-0.3, -0.25) is 9.78 Å². The number of benzene rings is 3. The van der Waals surface area contributed by atoms with E-state index in [-0.39, 0.29) is 29.2 Å². The third kappa shape index (κ3) is 9.65. The first-order chi connectivity index (χ1) is 27.5. The molecule has 0 aliphatic carbocycles. The summed E-state index contributed by atoms with van der Waals surface area (Å²) >= 11 is 0. The van der Waals surface area contributed by atoms with Gasteiger partial charge in [0.2, 0.25) is 5.91 Å². The van der Waals surface area contributed by atoms with Gasteiger partial charge in [-0.2, -0.15) is 13.2 Å². The van der Waals surface area contributed by atoms with Crippen molar-refractivity contribution in [3.05, 3.63) is 72.4 Å². The van der Waals surface area contributed by atoms with Crippen molar-refractivity contribution in [1.82, 2.24) is 20.1 Å². The molecule has 4 aromatic rings. The Kier molecular flexibility index (Phi) is 12.2. The number of alkyl halides is 3. The highest BCUT2D eigenvalue weighted by Crippen LogP contribution is 2.40. The zero-order valence-electron chi connectivity index (χ0n) is 32.5. The van der Waals surface area contributed by atoms with Crippen LogP contribution >= 0.6 is 0 Å². The summed E-state index contributed by atoms with van der Waals surface area (Å²) in [6, 6.07) is 15.4. The normalized spacial score (nSPS) is 18.0. The number of hydrogen-bond donors (Lipinski definition) is 3. The van der Waals surface area contributed by atoms with Crippen molar-refractivity contribution in [2.75, 3.05) is 76.1 Å². The van der Waals surface area contributed by atoms with Crippen molar-refractivity contribution in [3.63, 3.8) is 0 Å². The molecule has 0 bridgehead atoms. The number of ether oxygens (including phenoxy) is 3. The first-order valence-electron chi connectivity index (χ1n) is 19.5. The van der Waals surface area contributed by atoms with Crippen LogP contribution in [0.25, 0.3) is 10.9 Å². The Balaban J connectivity index is 0.927. The molecule has 0 atom stereocenters. The van der Waals surface area contributed by atoms with Crippen LogP contribution in [0.1, 0.15) is 44.1 Å². The van der Waals surface area contributed by atoms with Crippen LogP contribution in [0.5, 0.6) is 23.0 Å². The minimum absolute atomic E-state index is 0.00682. The Morgan fingerprint density at radius 3 is 2.14 bits per heavy atom. The van der Waals surface area contributed by atoms with E-state index in [9.17, 15) is 22.8 Å². The van der Waals surface area contributed by atoms with Crippen molar-refractivity contribution in [2.24, 2.45) is 5.92 Å². The molecule has 3 aromatic carbocycles. The van der Waals surface area contributed by atoms with E-state index in [1.54, 1.807) is 53.6 Å². The van der Waals surface area contributed by atoms with Gasteiger partial charge >= 0.3 is 12.2 Å². The van der Waals surface area contributed by atoms with Gasteiger partial charge in [-0.15, -0.1) is 0 Å². The Morgan fingerprint density at radius 2 is 1.46 bits per heavy atom. The molecule has 0 saturated carbocycles. The maximum absolute atomic E-state index is 14.4. The first kappa shape index (κ1) is 39.9. The van der Waals surface area contributed by atoms with Crippen LogP contribution in [0.3, 0.4) is 0 Å². The maximum atomic E-state index is 14.4. The standard InChI is InChI=1S/C42H50F3N7O5/c1-50-17-14-31(15-18-50)51-19-10-27(11-20-51)40(53)47-28-12-21-52(22-13-28)36-8-7-30(24-34(36)42(43,44)45)49-41(54)48-29-5-4-6-32(23-29)57-37-9-16-46-35-26-39(56-3)38(55-2)25-33(35)37/h4-9,16,23-28,31H,10-15,17-22H2,1-3H3,(H,47,53)(H2,48,49,54). The molecule has 3 saturated heterocycles. The lowest BCUT2D eigenvalue weighted by molar-refractivity contribution is -0.137. The summed E-state index contributed by atoms with van der Waals surface area (Å²) in [6.07, 6.45) is 2.04. The van der Waals surface area contributed by atoms with Gasteiger partial charge in [-0.1, -0.05) is 6.07 Å². The molecular weight excluding hydrogens is 740 g/mol. The van der Waals surface area contributed by atoms with E-state index < -0.39 is 17.8 Å². The number of anilines is 3. The van der Waals surface area contributed by atoms with Crippen LogP contribution in [0.4, 0.5) is 35.0 Å². The zero-order chi connectivity index (χ0) is 40.1. The molecule has 3 N–H and O–H groups in total. The lowest BCUT2D eigenvalue weighted by atomic mass is 9.92. The number of piperidine rings is 3. The number of fused-ring (bicyclic) bond motifs is 1. The van der Waals surface area contributed by atoms with Crippen LogP contribution in [-0.2, 0) is 11.0 Å². The number of hydrogen-bond acceptors (Lipinski definition) is 9.